The molecule has 1 aliphatic heterocycles. The van der Waals surface area contributed by atoms with Crippen LogP contribution in [0.25, 0.3) is 0 Å². The molecule has 5 fully saturated rings. The van der Waals surface area contributed by atoms with Crippen LogP contribution in [0.15, 0.2) is 36.4 Å². The topological polar surface area (TPSA) is 26.3 Å². The summed E-state index contributed by atoms with van der Waals surface area (Å²) in [6.45, 7) is 30.1. The van der Waals surface area contributed by atoms with E-state index in [0.717, 1.165) is 34.8 Å². The third-order valence-corrected chi connectivity index (χ3v) is 11.6. The molecule has 4 bridgehead atoms. The van der Waals surface area contributed by atoms with Gasteiger partial charge in [-0.3, -0.25) is 0 Å². The van der Waals surface area contributed by atoms with Gasteiger partial charge in [0.05, 0.1) is 6.54 Å². The van der Waals surface area contributed by atoms with Crippen LogP contribution in [0.4, 0.5) is 5.69 Å². The van der Waals surface area contributed by atoms with Gasteiger partial charge in [0.25, 0.3) is 0 Å². The fourth-order valence-electron chi connectivity index (χ4n) is 9.48. The second-order valence-corrected chi connectivity index (χ2v) is 18.2. The van der Waals surface area contributed by atoms with E-state index < -0.39 is 0 Å². The molecule has 4 aliphatic carbocycles. The summed E-state index contributed by atoms with van der Waals surface area (Å²) in [4.78, 5) is 2.78. The minimum Gasteiger partial charge on any atom is -0.872 e. The Bertz CT molecular complexity index is 1230. The standard InChI is InChI=1S/C27H40N.C14H22O.Au.H2/c1-17(2)23-8-7-9-24(18(3)4)25(23)28-16-27(15-26(28,5)6)21-11-19-10-20(13-21)14-22(27)12-19;1-13(2,3)10-7-11(14(4,5)6)9-12(15)8-10;;/h7-9,16-22H,10-15H2,1-6H3;7-9,15H,1-6H3;;1H/q;;+1;/p-1. The minimum absolute atomic E-state index is 0. The normalized spacial score (nSPS) is 28.8. The Kier molecular flexibility index (Phi) is 10.1. The second-order valence-electron chi connectivity index (χ2n) is 18.2. The number of rotatable bonds is 3. The van der Waals surface area contributed by atoms with Crippen molar-refractivity contribution < 1.29 is 28.9 Å². The summed E-state index contributed by atoms with van der Waals surface area (Å²) in [6.07, 6.45) is 8.95. The Morgan fingerprint density at radius 1 is 0.750 bits per heavy atom. The molecule has 0 aromatic heterocycles. The molecule has 0 unspecified atom stereocenters. The van der Waals surface area contributed by atoms with Crippen LogP contribution in [-0.2, 0) is 33.2 Å². The van der Waals surface area contributed by atoms with Crippen molar-refractivity contribution in [3.8, 4) is 5.75 Å². The van der Waals surface area contributed by atoms with Gasteiger partial charge in [-0.2, -0.15) is 0 Å². The SMILES string of the molecule is CC(C)(C)c1cc([O-])cc(C(C)(C)C)c1.CC(C)c1cccc(C(C)C)c1N1[CH]C2(CC1(C)C)C1CC3CC(C1)CC2C3.[Au+].[HH]. The van der Waals surface area contributed by atoms with Gasteiger partial charge in [-0.05, 0) is 121 Å². The first-order valence-corrected chi connectivity index (χ1v) is 17.4. The molecular weight excluding hydrogens is 719 g/mol. The van der Waals surface area contributed by atoms with Crippen molar-refractivity contribution in [1.82, 2.24) is 0 Å². The summed E-state index contributed by atoms with van der Waals surface area (Å²) in [6, 6.07) is 12.7. The molecule has 44 heavy (non-hydrogen) atoms. The monoisotopic (exact) mass is 782 g/mol. The Labute approximate surface area is 288 Å². The molecule has 2 aromatic carbocycles. The van der Waals surface area contributed by atoms with E-state index in [9.17, 15) is 5.11 Å². The molecule has 0 N–H and O–H groups in total. The maximum atomic E-state index is 11.6. The van der Waals surface area contributed by atoms with Crippen LogP contribution in [0.2, 0.25) is 0 Å². The molecule has 2 aromatic rings. The average Bonchev–Trinajstić information content (AvgIpc) is 3.17. The van der Waals surface area contributed by atoms with Gasteiger partial charge in [0, 0.05) is 18.1 Å². The van der Waals surface area contributed by atoms with Gasteiger partial charge in [0.1, 0.15) is 0 Å². The Hall–Kier alpha value is -1.22. The van der Waals surface area contributed by atoms with Crippen LogP contribution >= 0.6 is 0 Å². The van der Waals surface area contributed by atoms with Gasteiger partial charge < -0.3 is 10.0 Å². The van der Waals surface area contributed by atoms with Gasteiger partial charge in [0.15, 0.2) is 0 Å². The molecule has 4 saturated carbocycles. The molecular formula is C41H63AuNO. The minimum atomic E-state index is 0. The fourth-order valence-corrected chi connectivity index (χ4v) is 9.48. The van der Waals surface area contributed by atoms with Crippen LogP contribution in [0.3, 0.4) is 0 Å². The van der Waals surface area contributed by atoms with E-state index in [1.54, 1.807) is 24.2 Å². The van der Waals surface area contributed by atoms with Crippen molar-refractivity contribution in [3.63, 3.8) is 0 Å². The molecule has 1 saturated heterocycles. The van der Waals surface area contributed by atoms with Crippen molar-refractivity contribution in [3.05, 3.63) is 65.2 Å². The van der Waals surface area contributed by atoms with E-state index in [1.807, 2.05) is 0 Å². The largest absolute Gasteiger partial charge is 1.00 e. The summed E-state index contributed by atoms with van der Waals surface area (Å²) >= 11 is 0. The van der Waals surface area contributed by atoms with E-state index in [2.05, 4.69) is 119 Å². The van der Waals surface area contributed by atoms with Gasteiger partial charge in [-0.15, -0.1) is 5.75 Å². The van der Waals surface area contributed by atoms with Gasteiger partial charge in [-0.1, -0.05) is 106 Å². The summed E-state index contributed by atoms with van der Waals surface area (Å²) in [5, 5.41) is 11.6. The van der Waals surface area contributed by atoms with Gasteiger partial charge in [-0.25, -0.2) is 0 Å². The molecule has 3 heteroatoms. The summed E-state index contributed by atoms with van der Waals surface area (Å²) < 4.78 is 0. The van der Waals surface area contributed by atoms with Crippen molar-refractivity contribution in [2.45, 2.75) is 150 Å². The number of hydrogen-bond acceptors (Lipinski definition) is 2. The van der Waals surface area contributed by atoms with Crippen LogP contribution in [0.1, 0.15) is 157 Å². The Morgan fingerprint density at radius 3 is 1.57 bits per heavy atom. The molecule has 1 radical (unpaired) electrons. The third-order valence-electron chi connectivity index (χ3n) is 11.6. The molecule has 7 rings (SSSR count). The van der Waals surface area contributed by atoms with Crippen molar-refractivity contribution >= 4 is 5.69 Å². The zero-order chi connectivity index (χ0) is 31.7. The van der Waals surface area contributed by atoms with E-state index in [1.165, 1.54) is 43.2 Å². The maximum Gasteiger partial charge on any atom is 1.00 e. The van der Waals surface area contributed by atoms with Gasteiger partial charge in [0.2, 0.25) is 0 Å². The number of anilines is 1. The van der Waals surface area contributed by atoms with Crippen molar-refractivity contribution in [2.24, 2.45) is 29.1 Å². The van der Waals surface area contributed by atoms with Crippen LogP contribution in [-0.4, -0.2) is 5.54 Å². The predicted molar refractivity (Wildman–Crippen MR) is 185 cm³/mol. The first-order valence-electron chi connectivity index (χ1n) is 17.4. The summed E-state index contributed by atoms with van der Waals surface area (Å²) in [5.41, 5.74) is 7.64. The molecule has 0 amide bonds. The maximum absolute atomic E-state index is 11.6. The molecule has 249 valence electrons. The number of hydrogen-bond donors (Lipinski definition) is 0. The number of benzene rings is 2. The second kappa shape index (κ2) is 12.4. The summed E-state index contributed by atoms with van der Waals surface area (Å²) in [7, 11) is 0. The zero-order valence-electron chi connectivity index (χ0n) is 29.9. The number of nitrogens with zero attached hydrogens (tertiary/aromatic N) is 1. The molecule has 5 aliphatic rings. The Balaban J connectivity index is 0.000000280. The smallest absolute Gasteiger partial charge is 0.872 e. The van der Waals surface area contributed by atoms with E-state index in [0.29, 0.717) is 17.3 Å². The van der Waals surface area contributed by atoms with Crippen LogP contribution in [0.5, 0.6) is 5.75 Å². The zero-order valence-corrected chi connectivity index (χ0v) is 32.1. The third kappa shape index (κ3) is 6.75. The molecule has 1 spiro atoms. The summed E-state index contributed by atoms with van der Waals surface area (Å²) in [5.74, 6) is 5.23. The predicted octanol–water partition coefficient (Wildman–Crippen LogP) is 11.1. The van der Waals surface area contributed by atoms with Crippen molar-refractivity contribution in [1.29, 1.82) is 0 Å². The first kappa shape index (κ1) is 35.6. The average molecular weight is 783 g/mol. The van der Waals surface area contributed by atoms with E-state index >= 15 is 0 Å². The fraction of sp³-hybridized carbons (Fsp3) is 0.683. The quantitative estimate of drug-likeness (QED) is 0.290. The first-order chi connectivity index (χ1) is 19.8. The Morgan fingerprint density at radius 2 is 1.18 bits per heavy atom. The van der Waals surface area contributed by atoms with E-state index in [-0.39, 0.29) is 45.9 Å². The van der Waals surface area contributed by atoms with Crippen molar-refractivity contribution in [2.75, 3.05) is 4.90 Å². The molecule has 0 atom stereocenters. The van der Waals surface area contributed by atoms with E-state index in [4.69, 9.17) is 0 Å². The number of para-hydroxylation sites is 1. The molecule has 2 nitrogen and oxygen atoms in total. The molecule has 1 heterocycles. The van der Waals surface area contributed by atoms with Gasteiger partial charge >= 0.3 is 22.4 Å². The van der Waals surface area contributed by atoms with Crippen LogP contribution in [0, 0.1) is 35.6 Å². The van der Waals surface area contributed by atoms with Crippen LogP contribution < -0.4 is 10.0 Å².